The molecule has 0 saturated carbocycles. The highest BCUT2D eigenvalue weighted by molar-refractivity contribution is 7.98. The number of hydrogen-bond donors (Lipinski definition) is 0. The molecule has 0 amide bonds. The second-order valence-electron chi connectivity index (χ2n) is 7.99. The summed E-state index contributed by atoms with van der Waals surface area (Å²) in [5.41, 5.74) is 1.90. The minimum absolute atomic E-state index is 0.522. The molecule has 0 atom stereocenters. The first-order chi connectivity index (χ1) is 14.5. The predicted octanol–water partition coefficient (Wildman–Crippen LogP) is 3.85. The number of halogens is 1. The van der Waals surface area contributed by atoms with Gasteiger partial charge in [-0.2, -0.15) is 17.0 Å². The highest BCUT2D eigenvalue weighted by Gasteiger charge is 2.32. The molecule has 2 aromatic rings. The van der Waals surface area contributed by atoms with Crippen LogP contribution in [0, 0.1) is 0 Å². The maximum absolute atomic E-state index is 13.0. The molecule has 4 rings (SSSR count). The molecule has 1 aromatic carbocycles. The zero-order valence-electron chi connectivity index (χ0n) is 17.4. The zero-order valence-corrected chi connectivity index (χ0v) is 19.8. The van der Waals surface area contributed by atoms with E-state index in [4.69, 9.17) is 11.6 Å². The maximum atomic E-state index is 13.0. The Balaban J connectivity index is 1.40. The first-order valence-electron chi connectivity index (χ1n) is 10.6. The third-order valence-electron chi connectivity index (χ3n) is 5.99. The maximum Gasteiger partial charge on any atom is 0.282 e. The molecule has 3 heterocycles. The molecule has 0 unspecified atom stereocenters. The molecule has 0 aliphatic carbocycles. The van der Waals surface area contributed by atoms with Crippen LogP contribution >= 0.6 is 23.4 Å². The van der Waals surface area contributed by atoms with Gasteiger partial charge in [-0.05, 0) is 37.3 Å². The molecule has 6 nitrogen and oxygen atoms in total. The smallest absolute Gasteiger partial charge is 0.282 e. The van der Waals surface area contributed by atoms with Crippen molar-refractivity contribution in [1.82, 2.24) is 18.5 Å². The van der Waals surface area contributed by atoms with E-state index in [0.717, 1.165) is 42.1 Å². The van der Waals surface area contributed by atoms with E-state index < -0.39 is 10.2 Å². The molecule has 0 spiro atoms. The average Bonchev–Trinajstić information content (AvgIpc) is 3.04. The number of benzene rings is 1. The number of fused-ring (bicyclic) bond motifs is 1. The largest absolute Gasteiger partial charge is 0.296 e. The van der Waals surface area contributed by atoms with Crippen molar-refractivity contribution in [3.05, 3.63) is 35.0 Å². The van der Waals surface area contributed by atoms with Gasteiger partial charge in [0, 0.05) is 61.7 Å². The van der Waals surface area contributed by atoms with Crippen molar-refractivity contribution >= 4 is 44.5 Å². The lowest BCUT2D eigenvalue weighted by molar-refractivity contribution is 0.175. The number of thioether (sulfide) groups is 1. The molecular formula is C21H29ClN4O2S2. The van der Waals surface area contributed by atoms with Crippen molar-refractivity contribution in [2.24, 2.45) is 0 Å². The Morgan fingerprint density at radius 1 is 0.967 bits per heavy atom. The van der Waals surface area contributed by atoms with Crippen LogP contribution in [0.15, 0.2) is 29.2 Å². The summed E-state index contributed by atoms with van der Waals surface area (Å²) in [6, 6.07) is 8.34. The second-order valence-corrected chi connectivity index (χ2v) is 11.2. The van der Waals surface area contributed by atoms with Crippen LogP contribution in [0.25, 0.3) is 10.9 Å². The fourth-order valence-corrected chi connectivity index (χ4v) is 6.51. The Morgan fingerprint density at radius 2 is 1.63 bits per heavy atom. The van der Waals surface area contributed by atoms with Crippen molar-refractivity contribution in [1.29, 1.82) is 0 Å². The summed E-state index contributed by atoms with van der Waals surface area (Å²) in [6.45, 7) is 4.44. The summed E-state index contributed by atoms with van der Waals surface area (Å²) >= 11 is 8.17. The van der Waals surface area contributed by atoms with Crippen LogP contribution in [0.3, 0.4) is 0 Å². The molecule has 0 bridgehead atoms. The molecule has 164 valence electrons. The van der Waals surface area contributed by atoms with Crippen LogP contribution in [0.1, 0.15) is 31.2 Å². The summed E-state index contributed by atoms with van der Waals surface area (Å²) in [5.74, 6) is 0. The van der Waals surface area contributed by atoms with E-state index in [0.29, 0.717) is 51.0 Å². The lowest BCUT2D eigenvalue weighted by Crippen LogP contribution is -2.52. The number of nitrogens with zero attached hydrogens (tertiary/aromatic N) is 4. The molecule has 2 fully saturated rings. The van der Waals surface area contributed by atoms with E-state index in [2.05, 4.69) is 34.1 Å². The highest BCUT2D eigenvalue weighted by atomic mass is 35.5. The van der Waals surface area contributed by atoms with Crippen molar-refractivity contribution < 1.29 is 8.42 Å². The molecule has 30 heavy (non-hydrogen) atoms. The molecule has 9 heteroatoms. The van der Waals surface area contributed by atoms with Crippen molar-refractivity contribution in [3.8, 4) is 0 Å². The van der Waals surface area contributed by atoms with Crippen LogP contribution in [-0.2, 0) is 16.8 Å². The SMILES string of the molecule is CSc1ccc2cc(CN3CCN(S(=O)(=O)N4CCCCCC4)CC3)c(Cl)nc2c1. The quantitative estimate of drug-likeness (QED) is 0.492. The summed E-state index contributed by atoms with van der Waals surface area (Å²) in [5, 5.41) is 1.61. The minimum Gasteiger partial charge on any atom is -0.296 e. The normalized spacial score (nSPS) is 20.5. The number of rotatable bonds is 5. The van der Waals surface area contributed by atoms with Gasteiger partial charge >= 0.3 is 0 Å². The lowest BCUT2D eigenvalue weighted by Gasteiger charge is -2.36. The Labute approximate surface area is 188 Å². The monoisotopic (exact) mass is 468 g/mol. The van der Waals surface area contributed by atoms with E-state index >= 15 is 0 Å². The fourth-order valence-electron chi connectivity index (χ4n) is 4.20. The number of hydrogen-bond acceptors (Lipinski definition) is 5. The van der Waals surface area contributed by atoms with Gasteiger partial charge in [-0.3, -0.25) is 4.90 Å². The zero-order chi connectivity index (χ0) is 21.1. The van der Waals surface area contributed by atoms with E-state index in [1.54, 1.807) is 20.4 Å². The molecule has 2 aliphatic heterocycles. The van der Waals surface area contributed by atoms with Crippen molar-refractivity contribution in [2.45, 2.75) is 37.1 Å². The van der Waals surface area contributed by atoms with Crippen molar-refractivity contribution in [3.63, 3.8) is 0 Å². The van der Waals surface area contributed by atoms with Gasteiger partial charge in [-0.1, -0.05) is 30.5 Å². The number of aromatic nitrogens is 1. The van der Waals surface area contributed by atoms with Gasteiger partial charge in [-0.15, -0.1) is 11.8 Å². The van der Waals surface area contributed by atoms with Gasteiger partial charge in [0.1, 0.15) is 5.15 Å². The van der Waals surface area contributed by atoms with Crippen LogP contribution in [0.4, 0.5) is 0 Å². The minimum atomic E-state index is -3.35. The molecular weight excluding hydrogens is 440 g/mol. The van der Waals surface area contributed by atoms with Gasteiger partial charge in [0.2, 0.25) is 0 Å². The average molecular weight is 469 g/mol. The van der Waals surface area contributed by atoms with Crippen molar-refractivity contribution in [2.75, 3.05) is 45.5 Å². The first-order valence-corrected chi connectivity index (χ1v) is 13.6. The fraction of sp³-hybridized carbons (Fsp3) is 0.571. The third kappa shape index (κ3) is 4.95. The summed E-state index contributed by atoms with van der Waals surface area (Å²) in [6.07, 6.45) is 6.22. The van der Waals surface area contributed by atoms with E-state index in [1.807, 2.05) is 6.26 Å². The van der Waals surface area contributed by atoms with E-state index in [1.165, 1.54) is 4.90 Å². The van der Waals surface area contributed by atoms with Crippen LogP contribution in [0.2, 0.25) is 5.15 Å². The summed E-state index contributed by atoms with van der Waals surface area (Å²) < 4.78 is 29.4. The van der Waals surface area contributed by atoms with Crippen LogP contribution in [-0.4, -0.2) is 72.4 Å². The van der Waals surface area contributed by atoms with Gasteiger partial charge in [0.15, 0.2) is 0 Å². The second kappa shape index (κ2) is 9.71. The standard InChI is InChI=1S/C21H29ClN4O2S2/c1-29-19-7-6-17-14-18(21(22)23-20(17)15-19)16-24-10-12-26(13-11-24)30(27,28)25-8-4-2-3-5-9-25/h6-7,14-15H,2-5,8-13,16H2,1H3. The van der Waals surface area contributed by atoms with Gasteiger partial charge in [0.25, 0.3) is 10.2 Å². The molecule has 0 radical (unpaired) electrons. The Kier molecular flexibility index (Phi) is 7.22. The molecule has 1 aromatic heterocycles. The number of piperazine rings is 1. The summed E-state index contributed by atoms with van der Waals surface area (Å²) in [4.78, 5) is 8.02. The third-order valence-corrected chi connectivity index (χ3v) is 9.08. The summed E-state index contributed by atoms with van der Waals surface area (Å²) in [7, 11) is -3.35. The Hall–Kier alpha value is -0.900. The molecule has 2 saturated heterocycles. The molecule has 0 N–H and O–H groups in total. The van der Waals surface area contributed by atoms with E-state index in [-0.39, 0.29) is 0 Å². The lowest BCUT2D eigenvalue weighted by atomic mass is 10.1. The Morgan fingerprint density at radius 3 is 2.30 bits per heavy atom. The van der Waals surface area contributed by atoms with Crippen LogP contribution < -0.4 is 0 Å². The Bertz CT molecular complexity index is 986. The highest BCUT2D eigenvalue weighted by Crippen LogP contribution is 2.26. The van der Waals surface area contributed by atoms with Gasteiger partial charge in [-0.25, -0.2) is 4.98 Å². The topological polar surface area (TPSA) is 56.8 Å². The van der Waals surface area contributed by atoms with Gasteiger partial charge in [0.05, 0.1) is 5.52 Å². The van der Waals surface area contributed by atoms with Crippen LogP contribution in [0.5, 0.6) is 0 Å². The number of pyridine rings is 1. The first kappa shape index (κ1) is 22.3. The molecule has 2 aliphatic rings. The van der Waals surface area contributed by atoms with Gasteiger partial charge < -0.3 is 0 Å². The predicted molar refractivity (Wildman–Crippen MR) is 124 cm³/mol. The van der Waals surface area contributed by atoms with E-state index in [9.17, 15) is 8.42 Å².